The lowest BCUT2D eigenvalue weighted by molar-refractivity contribution is 0.601. The molecule has 0 amide bonds. The molecule has 2 aromatic heterocycles. The van der Waals surface area contributed by atoms with Crippen molar-refractivity contribution >= 4 is 9.84 Å². The number of hydrogen-bond acceptors (Lipinski definition) is 5. The molecule has 30 heavy (non-hydrogen) atoms. The van der Waals surface area contributed by atoms with Crippen LogP contribution in [0.4, 0.5) is 0 Å². The van der Waals surface area contributed by atoms with Gasteiger partial charge in [0.25, 0.3) is 0 Å². The first kappa shape index (κ1) is 19.8. The van der Waals surface area contributed by atoms with E-state index < -0.39 is 9.84 Å². The predicted octanol–water partition coefficient (Wildman–Crippen LogP) is 3.05. The van der Waals surface area contributed by atoms with Crippen LogP contribution < -0.4 is 5.43 Å². The van der Waals surface area contributed by atoms with E-state index in [1.165, 1.54) is 29.1 Å². The summed E-state index contributed by atoms with van der Waals surface area (Å²) in [5, 5.41) is 9.02. The summed E-state index contributed by atoms with van der Waals surface area (Å²) >= 11 is 0. The van der Waals surface area contributed by atoms with Gasteiger partial charge in [0, 0.05) is 24.1 Å². The fraction of sp³-hybridized carbons (Fsp3) is 0.136. The van der Waals surface area contributed by atoms with Crippen molar-refractivity contribution in [3.63, 3.8) is 0 Å². The van der Waals surface area contributed by atoms with Crippen molar-refractivity contribution in [3.8, 4) is 22.8 Å². The van der Waals surface area contributed by atoms with Gasteiger partial charge in [-0.15, -0.1) is 0 Å². The third-order valence-electron chi connectivity index (χ3n) is 4.77. The molecule has 0 unspecified atom stereocenters. The summed E-state index contributed by atoms with van der Waals surface area (Å²) in [4.78, 5) is 13.0. The number of para-hydroxylation sites is 1. The highest BCUT2D eigenvalue weighted by Gasteiger charge is 2.18. The van der Waals surface area contributed by atoms with Gasteiger partial charge in [-0.1, -0.05) is 31.2 Å². The first-order chi connectivity index (χ1) is 14.4. The van der Waals surface area contributed by atoms with Gasteiger partial charge < -0.3 is 0 Å². The summed E-state index contributed by atoms with van der Waals surface area (Å²) in [5.74, 6) is 0. The van der Waals surface area contributed by atoms with Gasteiger partial charge in [-0.2, -0.15) is 10.2 Å². The zero-order chi connectivity index (χ0) is 21.3. The second-order valence-electron chi connectivity index (χ2n) is 6.86. The number of sulfone groups is 1. The molecule has 0 N–H and O–H groups in total. The molecular weight excluding hydrogens is 400 g/mol. The Hall–Kier alpha value is -3.52. The Balaban J connectivity index is 1.91. The van der Waals surface area contributed by atoms with Crippen LogP contribution in [0.1, 0.15) is 12.5 Å². The molecular formula is C22H20N4O3S. The minimum absolute atomic E-state index is 0.186. The average molecular weight is 420 g/mol. The molecule has 7 nitrogen and oxygen atoms in total. The molecule has 8 heteroatoms. The Kier molecular flexibility index (Phi) is 5.09. The predicted molar refractivity (Wildman–Crippen MR) is 115 cm³/mol. The van der Waals surface area contributed by atoms with E-state index in [1.54, 1.807) is 23.0 Å². The van der Waals surface area contributed by atoms with Crippen LogP contribution >= 0.6 is 0 Å². The highest BCUT2D eigenvalue weighted by molar-refractivity contribution is 7.90. The Morgan fingerprint density at radius 3 is 2.40 bits per heavy atom. The van der Waals surface area contributed by atoms with E-state index >= 15 is 0 Å². The molecule has 0 radical (unpaired) electrons. The average Bonchev–Trinajstić information content (AvgIpc) is 3.18. The van der Waals surface area contributed by atoms with Gasteiger partial charge in [0.05, 0.1) is 22.5 Å². The molecule has 0 aliphatic rings. The molecule has 0 aliphatic heterocycles. The third-order valence-corrected chi connectivity index (χ3v) is 5.88. The van der Waals surface area contributed by atoms with Crippen molar-refractivity contribution in [1.82, 2.24) is 19.6 Å². The van der Waals surface area contributed by atoms with Crippen molar-refractivity contribution < 1.29 is 8.42 Å². The van der Waals surface area contributed by atoms with Gasteiger partial charge in [0.15, 0.2) is 15.5 Å². The van der Waals surface area contributed by atoms with Gasteiger partial charge in [0.2, 0.25) is 5.43 Å². The van der Waals surface area contributed by atoms with E-state index in [1.807, 2.05) is 37.3 Å². The molecule has 0 aliphatic carbocycles. The van der Waals surface area contributed by atoms with Crippen LogP contribution in [-0.4, -0.2) is 34.2 Å². The van der Waals surface area contributed by atoms with Crippen LogP contribution in [0.5, 0.6) is 0 Å². The number of hydrogen-bond donors (Lipinski definition) is 0. The fourth-order valence-corrected chi connectivity index (χ4v) is 3.89. The Bertz CT molecular complexity index is 1370. The number of aryl methyl sites for hydroxylation is 1. The molecule has 0 saturated carbocycles. The smallest absolute Gasteiger partial charge is 0.209 e. The number of aromatic nitrogens is 4. The number of nitrogens with zero attached hydrogens (tertiary/aromatic N) is 4. The Labute approximate surface area is 174 Å². The van der Waals surface area contributed by atoms with E-state index in [9.17, 15) is 13.2 Å². The van der Waals surface area contributed by atoms with Gasteiger partial charge in [-0.05, 0) is 36.8 Å². The van der Waals surface area contributed by atoms with Crippen LogP contribution in [0.2, 0.25) is 0 Å². The molecule has 2 heterocycles. The molecule has 2 aromatic carbocycles. The lowest BCUT2D eigenvalue weighted by Gasteiger charge is -2.11. The van der Waals surface area contributed by atoms with Gasteiger partial charge in [-0.3, -0.25) is 4.79 Å². The lowest BCUT2D eigenvalue weighted by Crippen LogP contribution is -2.16. The topological polar surface area (TPSA) is 86.8 Å². The van der Waals surface area contributed by atoms with Crippen LogP contribution in [-0.2, 0) is 16.3 Å². The number of benzene rings is 2. The van der Waals surface area contributed by atoms with Crippen LogP contribution in [0.15, 0.2) is 82.7 Å². The standard InChI is InChI=1S/C22H20N4O3S/c1-3-16-15-23-26(17-8-5-4-6-9-17)22(16)21-20(27)12-13-25(24-21)18-10-7-11-19(14-18)30(2,28)29/h4-15H,3H2,1-2H3. The maximum absolute atomic E-state index is 12.8. The normalized spacial score (nSPS) is 11.5. The first-order valence-corrected chi connectivity index (χ1v) is 11.3. The minimum Gasteiger partial charge on any atom is -0.287 e. The van der Waals surface area contributed by atoms with E-state index in [0.717, 1.165) is 17.5 Å². The zero-order valence-electron chi connectivity index (χ0n) is 16.6. The van der Waals surface area contributed by atoms with Crippen molar-refractivity contribution in [1.29, 1.82) is 0 Å². The SMILES string of the molecule is CCc1cnn(-c2ccccc2)c1-c1nn(-c2cccc(S(C)(=O)=O)c2)ccc1=O. The minimum atomic E-state index is -3.37. The number of rotatable bonds is 5. The van der Waals surface area contributed by atoms with E-state index in [4.69, 9.17) is 0 Å². The largest absolute Gasteiger partial charge is 0.287 e. The second-order valence-corrected chi connectivity index (χ2v) is 8.88. The molecule has 4 aromatic rings. The highest BCUT2D eigenvalue weighted by atomic mass is 32.2. The quantitative estimate of drug-likeness (QED) is 0.495. The van der Waals surface area contributed by atoms with Gasteiger partial charge >= 0.3 is 0 Å². The third kappa shape index (κ3) is 3.69. The van der Waals surface area contributed by atoms with Crippen molar-refractivity contribution in [2.45, 2.75) is 18.2 Å². The van der Waals surface area contributed by atoms with E-state index in [0.29, 0.717) is 17.8 Å². The van der Waals surface area contributed by atoms with E-state index in [2.05, 4.69) is 10.2 Å². The Morgan fingerprint density at radius 1 is 0.967 bits per heavy atom. The van der Waals surface area contributed by atoms with Crippen LogP contribution in [0.3, 0.4) is 0 Å². The maximum atomic E-state index is 12.8. The molecule has 0 spiro atoms. The molecule has 152 valence electrons. The van der Waals surface area contributed by atoms with Crippen molar-refractivity contribution in [2.24, 2.45) is 0 Å². The molecule has 0 atom stereocenters. The van der Waals surface area contributed by atoms with Crippen LogP contribution in [0, 0.1) is 0 Å². The van der Waals surface area contributed by atoms with E-state index in [-0.39, 0.29) is 16.0 Å². The first-order valence-electron chi connectivity index (χ1n) is 9.41. The highest BCUT2D eigenvalue weighted by Crippen LogP contribution is 2.24. The molecule has 0 bridgehead atoms. The molecule has 4 rings (SSSR count). The summed E-state index contributed by atoms with van der Waals surface area (Å²) in [7, 11) is -3.37. The molecule has 0 fully saturated rings. The van der Waals surface area contributed by atoms with Crippen molar-refractivity contribution in [2.75, 3.05) is 6.26 Å². The maximum Gasteiger partial charge on any atom is 0.209 e. The summed E-state index contributed by atoms with van der Waals surface area (Å²) in [5.41, 5.74) is 2.90. The monoisotopic (exact) mass is 420 g/mol. The molecule has 0 saturated heterocycles. The summed E-state index contributed by atoms with van der Waals surface area (Å²) in [6.07, 6.45) is 5.11. The Morgan fingerprint density at radius 2 is 1.70 bits per heavy atom. The van der Waals surface area contributed by atoms with Crippen molar-refractivity contribution in [3.05, 3.63) is 88.8 Å². The summed E-state index contributed by atoms with van der Waals surface area (Å²) < 4.78 is 27.1. The van der Waals surface area contributed by atoms with Gasteiger partial charge in [-0.25, -0.2) is 17.8 Å². The second kappa shape index (κ2) is 7.72. The lowest BCUT2D eigenvalue weighted by atomic mass is 10.1. The fourth-order valence-electron chi connectivity index (χ4n) is 3.23. The summed E-state index contributed by atoms with van der Waals surface area (Å²) in [6, 6.07) is 17.4. The van der Waals surface area contributed by atoms with Crippen LogP contribution in [0.25, 0.3) is 22.8 Å². The zero-order valence-corrected chi connectivity index (χ0v) is 17.4. The summed E-state index contributed by atoms with van der Waals surface area (Å²) in [6.45, 7) is 1.99. The van der Waals surface area contributed by atoms with Gasteiger partial charge in [0.1, 0.15) is 5.69 Å².